The van der Waals surface area contributed by atoms with Crippen molar-refractivity contribution < 1.29 is 9.90 Å². The Balaban J connectivity index is 1.65. The van der Waals surface area contributed by atoms with E-state index in [1.807, 2.05) is 24.3 Å². The van der Waals surface area contributed by atoms with Crippen molar-refractivity contribution in [1.82, 2.24) is 10.2 Å². The molecule has 0 spiro atoms. The average molecular weight is 311 g/mol. The number of halogens is 1. The second kappa shape index (κ2) is 8.37. The van der Waals surface area contributed by atoms with Crippen LogP contribution in [0.3, 0.4) is 0 Å². The zero-order chi connectivity index (χ0) is 15.1. The zero-order valence-corrected chi connectivity index (χ0v) is 13.0. The minimum atomic E-state index is 0.0548. The number of aliphatic hydroxyl groups excluding tert-OH is 1. The van der Waals surface area contributed by atoms with E-state index in [4.69, 9.17) is 16.7 Å². The molecule has 2 rings (SSSR count). The van der Waals surface area contributed by atoms with Crippen LogP contribution in [0.5, 0.6) is 0 Å². The molecule has 2 N–H and O–H groups in total. The molecule has 0 saturated carbocycles. The summed E-state index contributed by atoms with van der Waals surface area (Å²) in [5.74, 6) is 0.495. The fraction of sp³-hybridized carbons (Fsp3) is 0.562. The van der Waals surface area contributed by atoms with E-state index in [1.165, 1.54) is 0 Å². The lowest BCUT2D eigenvalue weighted by atomic mass is 9.98. The molecule has 116 valence electrons. The van der Waals surface area contributed by atoms with Gasteiger partial charge in [0.05, 0.1) is 0 Å². The Labute approximate surface area is 131 Å². The van der Waals surface area contributed by atoms with Crippen molar-refractivity contribution in [3.05, 3.63) is 34.9 Å². The van der Waals surface area contributed by atoms with Gasteiger partial charge in [0.2, 0.25) is 5.91 Å². The second-order valence-electron chi connectivity index (χ2n) is 5.59. The van der Waals surface area contributed by atoms with Crippen molar-refractivity contribution in [2.24, 2.45) is 5.92 Å². The Kier molecular flexibility index (Phi) is 6.49. The van der Waals surface area contributed by atoms with Crippen LogP contribution in [-0.4, -0.2) is 42.2 Å². The fourth-order valence-corrected chi connectivity index (χ4v) is 2.78. The van der Waals surface area contributed by atoms with Gasteiger partial charge in [-0.3, -0.25) is 4.79 Å². The van der Waals surface area contributed by atoms with Gasteiger partial charge in [0, 0.05) is 31.1 Å². The van der Waals surface area contributed by atoms with E-state index in [-0.39, 0.29) is 12.5 Å². The number of piperidine rings is 1. The lowest BCUT2D eigenvalue weighted by molar-refractivity contribution is -0.121. The van der Waals surface area contributed by atoms with Gasteiger partial charge in [-0.05, 0) is 43.5 Å². The van der Waals surface area contributed by atoms with E-state index in [2.05, 4.69) is 10.2 Å². The van der Waals surface area contributed by atoms with Crippen LogP contribution in [0.15, 0.2) is 24.3 Å². The normalized spacial score (nSPS) is 16.9. The number of hydrogen-bond donors (Lipinski definition) is 2. The number of benzene rings is 1. The number of amides is 1. The molecule has 1 heterocycles. The molecule has 1 aliphatic heterocycles. The van der Waals surface area contributed by atoms with Crippen molar-refractivity contribution >= 4 is 17.5 Å². The number of rotatable bonds is 6. The average Bonchev–Trinajstić information content (AvgIpc) is 2.52. The minimum Gasteiger partial charge on any atom is -0.396 e. The smallest absolute Gasteiger partial charge is 0.221 e. The maximum absolute atomic E-state index is 11.9. The number of nitrogens with one attached hydrogen (secondary N) is 1. The van der Waals surface area contributed by atoms with Crippen LogP contribution in [0.2, 0.25) is 5.02 Å². The Morgan fingerprint density at radius 1 is 1.33 bits per heavy atom. The summed E-state index contributed by atoms with van der Waals surface area (Å²) in [5, 5.41) is 12.7. The first-order valence-corrected chi connectivity index (χ1v) is 7.90. The maximum Gasteiger partial charge on any atom is 0.221 e. The summed E-state index contributed by atoms with van der Waals surface area (Å²) < 4.78 is 0. The summed E-state index contributed by atoms with van der Waals surface area (Å²) in [6, 6.07) is 7.54. The van der Waals surface area contributed by atoms with Gasteiger partial charge in [-0.25, -0.2) is 0 Å². The van der Waals surface area contributed by atoms with E-state index in [0.29, 0.717) is 23.9 Å². The Morgan fingerprint density at radius 3 is 2.71 bits per heavy atom. The van der Waals surface area contributed by atoms with Crippen molar-refractivity contribution in [2.75, 3.05) is 26.2 Å². The Bertz CT molecular complexity index is 459. The molecular weight excluding hydrogens is 288 g/mol. The predicted octanol–water partition coefficient (Wildman–Crippen LogP) is 2.05. The zero-order valence-electron chi connectivity index (χ0n) is 12.2. The van der Waals surface area contributed by atoms with Crippen LogP contribution in [0, 0.1) is 5.92 Å². The third-order valence-corrected chi connectivity index (χ3v) is 4.42. The minimum absolute atomic E-state index is 0.0548. The highest BCUT2D eigenvalue weighted by Crippen LogP contribution is 2.16. The van der Waals surface area contributed by atoms with Gasteiger partial charge in [-0.15, -0.1) is 0 Å². The SMILES string of the molecule is O=C(CCN1CCC(CO)CC1)NCc1ccccc1Cl. The molecule has 0 aromatic heterocycles. The van der Waals surface area contributed by atoms with Gasteiger partial charge in [0.25, 0.3) is 0 Å². The van der Waals surface area contributed by atoms with Crippen LogP contribution in [0.4, 0.5) is 0 Å². The van der Waals surface area contributed by atoms with Crippen molar-refractivity contribution in [3.63, 3.8) is 0 Å². The van der Waals surface area contributed by atoms with Crippen molar-refractivity contribution in [2.45, 2.75) is 25.8 Å². The molecular formula is C16H23ClN2O2. The van der Waals surface area contributed by atoms with Crippen LogP contribution < -0.4 is 5.32 Å². The summed E-state index contributed by atoms with van der Waals surface area (Å²) in [7, 11) is 0. The monoisotopic (exact) mass is 310 g/mol. The molecule has 5 heteroatoms. The number of likely N-dealkylation sites (tertiary alicyclic amines) is 1. The molecule has 1 aromatic carbocycles. The van der Waals surface area contributed by atoms with Gasteiger partial charge in [-0.1, -0.05) is 29.8 Å². The molecule has 1 aliphatic rings. The molecule has 0 radical (unpaired) electrons. The summed E-state index contributed by atoms with van der Waals surface area (Å²) in [6.07, 6.45) is 2.56. The molecule has 1 aromatic rings. The number of hydrogen-bond acceptors (Lipinski definition) is 3. The molecule has 0 aliphatic carbocycles. The molecule has 21 heavy (non-hydrogen) atoms. The van der Waals surface area contributed by atoms with Gasteiger partial charge in [0.1, 0.15) is 0 Å². The molecule has 1 saturated heterocycles. The number of nitrogens with zero attached hydrogens (tertiary/aromatic N) is 1. The van der Waals surface area contributed by atoms with E-state index >= 15 is 0 Å². The third-order valence-electron chi connectivity index (χ3n) is 4.05. The highest BCUT2D eigenvalue weighted by molar-refractivity contribution is 6.31. The third kappa shape index (κ3) is 5.30. The quantitative estimate of drug-likeness (QED) is 0.845. The molecule has 0 atom stereocenters. The van der Waals surface area contributed by atoms with Gasteiger partial charge in [0.15, 0.2) is 0 Å². The van der Waals surface area contributed by atoms with Crippen molar-refractivity contribution in [1.29, 1.82) is 0 Å². The molecule has 1 fully saturated rings. The lowest BCUT2D eigenvalue weighted by Gasteiger charge is -2.30. The Hall–Kier alpha value is -1.10. The summed E-state index contributed by atoms with van der Waals surface area (Å²) in [6.45, 7) is 3.50. The first-order chi connectivity index (χ1) is 10.2. The van der Waals surface area contributed by atoms with Crippen molar-refractivity contribution in [3.8, 4) is 0 Å². The standard InChI is InChI=1S/C16H23ClN2O2/c17-15-4-2-1-3-14(15)11-18-16(21)7-10-19-8-5-13(12-20)6-9-19/h1-4,13,20H,5-12H2,(H,18,21). The van der Waals surface area contributed by atoms with E-state index < -0.39 is 0 Å². The van der Waals surface area contributed by atoms with Crippen LogP contribution in [0.1, 0.15) is 24.8 Å². The van der Waals surface area contributed by atoms with Gasteiger partial charge < -0.3 is 15.3 Å². The van der Waals surface area contributed by atoms with Crippen LogP contribution in [0.25, 0.3) is 0 Å². The van der Waals surface area contributed by atoms with Gasteiger partial charge >= 0.3 is 0 Å². The van der Waals surface area contributed by atoms with E-state index in [0.717, 1.165) is 38.0 Å². The lowest BCUT2D eigenvalue weighted by Crippen LogP contribution is -2.37. The Morgan fingerprint density at radius 2 is 2.05 bits per heavy atom. The highest BCUT2D eigenvalue weighted by atomic mass is 35.5. The number of aliphatic hydroxyl groups is 1. The van der Waals surface area contributed by atoms with Crippen LogP contribution >= 0.6 is 11.6 Å². The predicted molar refractivity (Wildman–Crippen MR) is 84.2 cm³/mol. The maximum atomic E-state index is 11.9. The molecule has 4 nitrogen and oxygen atoms in total. The van der Waals surface area contributed by atoms with Gasteiger partial charge in [-0.2, -0.15) is 0 Å². The summed E-state index contributed by atoms with van der Waals surface area (Å²) >= 11 is 6.05. The number of carbonyl (C=O) groups is 1. The summed E-state index contributed by atoms with van der Waals surface area (Å²) in [5.41, 5.74) is 0.941. The first kappa shape index (κ1) is 16.3. The molecule has 0 bridgehead atoms. The molecule has 0 unspecified atom stereocenters. The highest BCUT2D eigenvalue weighted by Gasteiger charge is 2.18. The molecule has 1 amide bonds. The van der Waals surface area contributed by atoms with E-state index in [1.54, 1.807) is 0 Å². The second-order valence-corrected chi connectivity index (χ2v) is 5.99. The fourth-order valence-electron chi connectivity index (χ4n) is 2.58. The van der Waals surface area contributed by atoms with E-state index in [9.17, 15) is 4.79 Å². The first-order valence-electron chi connectivity index (χ1n) is 7.52. The topological polar surface area (TPSA) is 52.6 Å². The summed E-state index contributed by atoms with van der Waals surface area (Å²) in [4.78, 5) is 14.2. The van der Waals surface area contributed by atoms with Crippen LogP contribution in [-0.2, 0) is 11.3 Å². The largest absolute Gasteiger partial charge is 0.396 e. The number of carbonyl (C=O) groups excluding carboxylic acids is 1.